The van der Waals surface area contributed by atoms with Gasteiger partial charge in [-0.05, 0) is 30.5 Å². The molecular weight excluding hydrogens is 226 g/mol. The smallest absolute Gasteiger partial charge is 0.322 e. The van der Waals surface area contributed by atoms with Crippen molar-refractivity contribution in [1.29, 1.82) is 0 Å². The fourth-order valence-electron chi connectivity index (χ4n) is 2.01. The molecule has 0 fully saturated rings. The third-order valence-corrected chi connectivity index (χ3v) is 2.97. The normalized spacial score (nSPS) is 12.4. The largest absolute Gasteiger partial charge is 0.347 e. The van der Waals surface area contributed by atoms with Crippen LogP contribution in [-0.4, -0.2) is 9.55 Å². The number of rotatable bonds is 3. The summed E-state index contributed by atoms with van der Waals surface area (Å²) in [7, 11) is 0. The fourth-order valence-corrected chi connectivity index (χ4v) is 2.01. The van der Waals surface area contributed by atoms with Crippen molar-refractivity contribution in [2.45, 2.75) is 26.4 Å². The Hall–Kier alpha value is -1.94. The molecule has 1 aromatic heterocycles. The minimum Gasteiger partial charge on any atom is -0.322 e. The molecule has 0 aliphatic carbocycles. The van der Waals surface area contributed by atoms with Gasteiger partial charge in [-0.2, -0.15) is 0 Å². The van der Waals surface area contributed by atoms with Crippen molar-refractivity contribution in [3.05, 3.63) is 63.8 Å². The van der Waals surface area contributed by atoms with Gasteiger partial charge in [0, 0.05) is 25.0 Å². The van der Waals surface area contributed by atoms with Gasteiger partial charge in [-0.1, -0.05) is 24.3 Å². The molecule has 0 spiro atoms. The van der Waals surface area contributed by atoms with E-state index in [0.29, 0.717) is 6.54 Å². The average Bonchev–Trinajstić information content (AvgIpc) is 2.34. The van der Waals surface area contributed by atoms with Crippen molar-refractivity contribution in [3.8, 4) is 0 Å². The maximum atomic E-state index is 11.6. The fraction of sp³-hybridized carbons (Fsp3) is 0.286. The van der Waals surface area contributed by atoms with Gasteiger partial charge in [-0.3, -0.25) is 4.57 Å². The van der Waals surface area contributed by atoms with Crippen LogP contribution in [0.3, 0.4) is 0 Å². The number of hydrogen-bond acceptors (Lipinski definition) is 3. The van der Waals surface area contributed by atoms with Crippen LogP contribution in [0.2, 0.25) is 0 Å². The first-order chi connectivity index (χ1) is 8.58. The number of hydrogen-bond donors (Lipinski definition) is 1. The Labute approximate surface area is 106 Å². The van der Waals surface area contributed by atoms with E-state index in [1.165, 1.54) is 0 Å². The molecule has 2 N–H and O–H groups in total. The summed E-state index contributed by atoms with van der Waals surface area (Å²) in [4.78, 5) is 15.4. The molecule has 0 radical (unpaired) electrons. The molecule has 0 bridgehead atoms. The minimum absolute atomic E-state index is 0.201. The molecule has 1 unspecified atom stereocenters. The molecule has 2 rings (SSSR count). The van der Waals surface area contributed by atoms with Gasteiger partial charge >= 0.3 is 5.69 Å². The second-order valence-corrected chi connectivity index (χ2v) is 4.53. The quantitative estimate of drug-likeness (QED) is 0.890. The van der Waals surface area contributed by atoms with E-state index in [-0.39, 0.29) is 11.7 Å². The Kier molecular flexibility index (Phi) is 3.58. The van der Waals surface area contributed by atoms with Crippen molar-refractivity contribution in [2.75, 3.05) is 0 Å². The Bertz CT molecular complexity index is 604. The van der Waals surface area contributed by atoms with Gasteiger partial charge in [0.2, 0.25) is 0 Å². The standard InChI is InChI=1S/C14H17N3O/c1-10-7-16-14(18)17(8-10)9-13(15)12-6-4-3-5-11(12)2/h3-8,13H,9,15H2,1-2H3. The lowest BCUT2D eigenvalue weighted by Gasteiger charge is -2.16. The van der Waals surface area contributed by atoms with Gasteiger partial charge in [-0.25, -0.2) is 9.78 Å². The van der Waals surface area contributed by atoms with Crippen LogP contribution < -0.4 is 11.4 Å². The second kappa shape index (κ2) is 5.14. The molecule has 1 aromatic carbocycles. The van der Waals surface area contributed by atoms with Crippen molar-refractivity contribution in [1.82, 2.24) is 9.55 Å². The lowest BCUT2D eigenvalue weighted by atomic mass is 10.0. The Balaban J connectivity index is 2.27. The van der Waals surface area contributed by atoms with E-state index in [2.05, 4.69) is 4.98 Å². The molecule has 0 amide bonds. The highest BCUT2D eigenvalue weighted by molar-refractivity contribution is 5.28. The summed E-state index contributed by atoms with van der Waals surface area (Å²) < 4.78 is 1.56. The zero-order valence-electron chi connectivity index (χ0n) is 10.6. The predicted octanol–water partition coefficient (Wildman–Crippen LogP) is 1.56. The third kappa shape index (κ3) is 2.65. The van der Waals surface area contributed by atoms with Gasteiger partial charge in [0.15, 0.2) is 0 Å². The summed E-state index contributed by atoms with van der Waals surface area (Å²) in [5.74, 6) is 0. The van der Waals surface area contributed by atoms with Crippen molar-refractivity contribution >= 4 is 0 Å². The van der Waals surface area contributed by atoms with E-state index in [1.54, 1.807) is 17.0 Å². The highest BCUT2D eigenvalue weighted by Crippen LogP contribution is 2.16. The van der Waals surface area contributed by atoms with Crippen molar-refractivity contribution < 1.29 is 0 Å². The molecule has 0 aliphatic rings. The van der Waals surface area contributed by atoms with Crippen molar-refractivity contribution in [3.63, 3.8) is 0 Å². The summed E-state index contributed by atoms with van der Waals surface area (Å²) in [6, 6.07) is 7.75. The summed E-state index contributed by atoms with van der Waals surface area (Å²) in [5, 5.41) is 0. The number of aryl methyl sites for hydroxylation is 2. The summed E-state index contributed by atoms with van der Waals surface area (Å²) in [6.07, 6.45) is 3.35. The van der Waals surface area contributed by atoms with E-state index >= 15 is 0 Å². The van der Waals surface area contributed by atoms with Gasteiger partial charge in [0.1, 0.15) is 0 Å². The zero-order valence-corrected chi connectivity index (χ0v) is 10.6. The highest BCUT2D eigenvalue weighted by atomic mass is 16.1. The van der Waals surface area contributed by atoms with Crippen LogP contribution >= 0.6 is 0 Å². The second-order valence-electron chi connectivity index (χ2n) is 4.53. The van der Waals surface area contributed by atoms with Crippen LogP contribution in [0.1, 0.15) is 22.7 Å². The average molecular weight is 243 g/mol. The maximum Gasteiger partial charge on any atom is 0.347 e. The zero-order chi connectivity index (χ0) is 13.1. The molecule has 0 saturated heterocycles. The van der Waals surface area contributed by atoms with E-state index in [0.717, 1.165) is 16.7 Å². The van der Waals surface area contributed by atoms with Crippen molar-refractivity contribution in [2.24, 2.45) is 5.73 Å². The van der Waals surface area contributed by atoms with E-state index in [9.17, 15) is 4.79 Å². The van der Waals surface area contributed by atoms with E-state index in [4.69, 9.17) is 5.73 Å². The topological polar surface area (TPSA) is 60.9 Å². The first kappa shape index (κ1) is 12.5. The monoisotopic (exact) mass is 243 g/mol. The van der Waals surface area contributed by atoms with E-state index < -0.39 is 0 Å². The van der Waals surface area contributed by atoms with Gasteiger partial charge < -0.3 is 5.73 Å². The summed E-state index contributed by atoms with van der Waals surface area (Å²) in [5.41, 5.74) is 9.05. The molecule has 18 heavy (non-hydrogen) atoms. The molecule has 1 atom stereocenters. The SMILES string of the molecule is Cc1cnc(=O)n(CC(N)c2ccccc2C)c1. The van der Waals surface area contributed by atoms with Crippen LogP contribution in [0.25, 0.3) is 0 Å². The summed E-state index contributed by atoms with van der Waals surface area (Å²) in [6.45, 7) is 4.37. The Morgan fingerprint density at radius 2 is 2.06 bits per heavy atom. The molecule has 4 heteroatoms. The van der Waals surface area contributed by atoms with E-state index in [1.807, 2.05) is 38.1 Å². The lowest BCUT2D eigenvalue weighted by molar-refractivity contribution is 0.547. The van der Waals surface area contributed by atoms with Gasteiger partial charge in [0.25, 0.3) is 0 Å². The predicted molar refractivity (Wildman–Crippen MR) is 71.3 cm³/mol. The molecule has 94 valence electrons. The number of benzene rings is 1. The minimum atomic E-state index is -0.260. The lowest BCUT2D eigenvalue weighted by Crippen LogP contribution is -2.28. The number of nitrogens with two attached hydrogens (primary N) is 1. The molecule has 2 aromatic rings. The third-order valence-electron chi connectivity index (χ3n) is 2.97. The van der Waals surface area contributed by atoms with Crippen LogP contribution in [-0.2, 0) is 6.54 Å². The van der Waals surface area contributed by atoms with Crippen LogP contribution in [0.15, 0.2) is 41.5 Å². The van der Waals surface area contributed by atoms with Crippen LogP contribution in [0, 0.1) is 13.8 Å². The molecule has 1 heterocycles. The highest BCUT2D eigenvalue weighted by Gasteiger charge is 2.10. The number of nitrogens with zero attached hydrogens (tertiary/aromatic N) is 2. The molecule has 0 saturated carbocycles. The van der Waals surface area contributed by atoms with Gasteiger partial charge in [-0.15, -0.1) is 0 Å². The molecule has 0 aliphatic heterocycles. The molecule has 4 nitrogen and oxygen atoms in total. The first-order valence-electron chi connectivity index (χ1n) is 5.92. The van der Waals surface area contributed by atoms with Crippen LogP contribution in [0.5, 0.6) is 0 Å². The maximum absolute atomic E-state index is 11.6. The Morgan fingerprint density at radius 3 is 2.78 bits per heavy atom. The first-order valence-corrected chi connectivity index (χ1v) is 5.92. The van der Waals surface area contributed by atoms with Gasteiger partial charge in [0.05, 0.1) is 0 Å². The molecular formula is C14H17N3O. The number of aromatic nitrogens is 2. The van der Waals surface area contributed by atoms with Crippen LogP contribution in [0.4, 0.5) is 0 Å². The Morgan fingerprint density at radius 1 is 1.33 bits per heavy atom. The summed E-state index contributed by atoms with van der Waals surface area (Å²) >= 11 is 0.